The van der Waals surface area contributed by atoms with Gasteiger partial charge in [-0.25, -0.2) is 0 Å². The Morgan fingerprint density at radius 1 is 1.06 bits per heavy atom. The van der Waals surface area contributed by atoms with Gasteiger partial charge in [0.05, 0.1) is 21.4 Å². The number of hydrogen-bond donors (Lipinski definition) is 0. The highest BCUT2D eigenvalue weighted by atomic mass is 35.5. The smallest absolute Gasteiger partial charge is 0.129 e. The van der Waals surface area contributed by atoms with Gasteiger partial charge in [-0.2, -0.15) is 5.10 Å². The molecule has 0 saturated heterocycles. The third kappa shape index (κ3) is 2.40. The highest BCUT2D eigenvalue weighted by Crippen LogP contribution is 2.34. The fourth-order valence-corrected chi connectivity index (χ4v) is 2.06. The summed E-state index contributed by atoms with van der Waals surface area (Å²) in [5.74, 6) is 0. The first-order valence-corrected chi connectivity index (χ1v) is 6.12. The van der Waals surface area contributed by atoms with Crippen molar-refractivity contribution in [2.75, 3.05) is 0 Å². The van der Waals surface area contributed by atoms with Crippen LogP contribution >= 0.6 is 23.2 Å². The molecule has 0 spiro atoms. The van der Waals surface area contributed by atoms with E-state index in [4.69, 9.17) is 23.2 Å². The molecule has 0 aliphatic carbocycles. The van der Waals surface area contributed by atoms with Gasteiger partial charge in [0.25, 0.3) is 0 Å². The molecule has 18 heavy (non-hydrogen) atoms. The molecule has 0 atom stereocenters. The average molecular weight is 283 g/mol. The largest absolute Gasteiger partial charge is 0.270 e. The van der Waals surface area contributed by atoms with Crippen molar-refractivity contribution in [3.63, 3.8) is 0 Å². The summed E-state index contributed by atoms with van der Waals surface area (Å²) < 4.78 is 1.76. The van der Waals surface area contributed by atoms with Crippen LogP contribution in [0.2, 0.25) is 10.0 Å². The van der Waals surface area contributed by atoms with Crippen LogP contribution in [0.4, 0.5) is 11.4 Å². The maximum atomic E-state index is 6.02. The molecule has 0 aliphatic rings. The molecule has 0 saturated carbocycles. The Morgan fingerprint density at radius 3 is 2.11 bits per heavy atom. The van der Waals surface area contributed by atoms with E-state index in [-0.39, 0.29) is 0 Å². The Hall–Kier alpha value is -1.39. The second-order valence-electron chi connectivity index (χ2n) is 3.91. The molecule has 2 rings (SSSR count). The number of azo groups is 1. The topological polar surface area (TPSA) is 42.5 Å². The lowest BCUT2D eigenvalue weighted by Crippen LogP contribution is -1.91. The van der Waals surface area contributed by atoms with Gasteiger partial charge in [0.1, 0.15) is 11.4 Å². The molecule has 94 valence electrons. The van der Waals surface area contributed by atoms with Gasteiger partial charge in [0.2, 0.25) is 0 Å². The van der Waals surface area contributed by atoms with E-state index in [0.29, 0.717) is 15.7 Å². The van der Waals surface area contributed by atoms with Gasteiger partial charge in [-0.3, -0.25) is 4.68 Å². The summed E-state index contributed by atoms with van der Waals surface area (Å²) in [7, 11) is 1.86. The Bertz CT molecular complexity index is 597. The minimum atomic E-state index is 0.475. The SMILES string of the molecule is Cc1nn(C)c(C)c1N=Nc1c(Cl)cccc1Cl. The van der Waals surface area contributed by atoms with E-state index < -0.39 is 0 Å². The van der Waals surface area contributed by atoms with Crippen molar-refractivity contribution in [3.8, 4) is 0 Å². The molecule has 1 aromatic carbocycles. The van der Waals surface area contributed by atoms with Gasteiger partial charge in [0, 0.05) is 7.05 Å². The van der Waals surface area contributed by atoms with Crippen LogP contribution in [0.15, 0.2) is 28.4 Å². The highest BCUT2D eigenvalue weighted by molar-refractivity contribution is 6.38. The molecule has 0 unspecified atom stereocenters. The van der Waals surface area contributed by atoms with E-state index in [0.717, 1.165) is 17.1 Å². The zero-order chi connectivity index (χ0) is 13.3. The fraction of sp³-hybridized carbons (Fsp3) is 0.250. The van der Waals surface area contributed by atoms with E-state index in [1.807, 2.05) is 20.9 Å². The Labute approximate surface area is 115 Å². The van der Waals surface area contributed by atoms with Crippen LogP contribution in [0.3, 0.4) is 0 Å². The van der Waals surface area contributed by atoms with Gasteiger partial charge >= 0.3 is 0 Å². The van der Waals surface area contributed by atoms with Gasteiger partial charge in [-0.05, 0) is 26.0 Å². The number of rotatable bonds is 2. The second kappa shape index (κ2) is 5.08. The standard InChI is InChI=1S/C12H12Cl2N4/c1-7-11(8(2)18(3)17-7)15-16-12-9(13)5-4-6-10(12)14/h4-6H,1-3H3. The first-order valence-electron chi connectivity index (χ1n) is 5.36. The molecule has 0 bridgehead atoms. The summed E-state index contributed by atoms with van der Waals surface area (Å²) in [5, 5.41) is 13.5. The third-order valence-corrected chi connectivity index (χ3v) is 3.27. The summed E-state index contributed by atoms with van der Waals surface area (Å²) in [5.41, 5.74) is 2.98. The van der Waals surface area contributed by atoms with Crippen molar-refractivity contribution in [1.29, 1.82) is 0 Å². The van der Waals surface area contributed by atoms with Crippen molar-refractivity contribution >= 4 is 34.6 Å². The third-order valence-electron chi connectivity index (χ3n) is 2.66. The van der Waals surface area contributed by atoms with Crippen molar-refractivity contribution in [1.82, 2.24) is 9.78 Å². The number of aromatic nitrogens is 2. The van der Waals surface area contributed by atoms with Crippen LogP contribution < -0.4 is 0 Å². The first-order chi connectivity index (χ1) is 8.50. The van der Waals surface area contributed by atoms with Crippen LogP contribution in [0.1, 0.15) is 11.4 Å². The van der Waals surface area contributed by atoms with Crippen LogP contribution in [-0.4, -0.2) is 9.78 Å². The van der Waals surface area contributed by atoms with Crippen molar-refractivity contribution in [2.24, 2.45) is 17.3 Å². The Balaban J connectivity index is 2.42. The molecule has 0 radical (unpaired) electrons. The maximum absolute atomic E-state index is 6.02. The van der Waals surface area contributed by atoms with E-state index in [9.17, 15) is 0 Å². The molecular formula is C12H12Cl2N4. The van der Waals surface area contributed by atoms with E-state index in [1.54, 1.807) is 22.9 Å². The minimum absolute atomic E-state index is 0.475. The minimum Gasteiger partial charge on any atom is -0.270 e. The first kappa shape index (κ1) is 13.1. The number of halogens is 2. The van der Waals surface area contributed by atoms with E-state index in [1.165, 1.54) is 0 Å². The number of aryl methyl sites for hydroxylation is 2. The molecule has 1 heterocycles. The Morgan fingerprint density at radius 2 is 1.61 bits per heavy atom. The molecule has 0 aliphatic heterocycles. The number of hydrogen-bond acceptors (Lipinski definition) is 3. The lowest BCUT2D eigenvalue weighted by Gasteiger charge is -1.99. The van der Waals surface area contributed by atoms with E-state index >= 15 is 0 Å². The quantitative estimate of drug-likeness (QED) is 0.733. The summed E-state index contributed by atoms with van der Waals surface area (Å²) in [4.78, 5) is 0. The van der Waals surface area contributed by atoms with Crippen molar-refractivity contribution in [3.05, 3.63) is 39.6 Å². The second-order valence-corrected chi connectivity index (χ2v) is 4.73. The average Bonchev–Trinajstić information content (AvgIpc) is 2.54. The molecular weight excluding hydrogens is 271 g/mol. The lowest BCUT2D eigenvalue weighted by atomic mass is 10.3. The molecule has 6 heteroatoms. The predicted octanol–water partition coefficient (Wildman–Crippen LogP) is 4.76. The summed E-state index contributed by atoms with van der Waals surface area (Å²) in [6.07, 6.45) is 0. The summed E-state index contributed by atoms with van der Waals surface area (Å²) in [6.45, 7) is 3.82. The van der Waals surface area contributed by atoms with Crippen molar-refractivity contribution in [2.45, 2.75) is 13.8 Å². The number of nitrogens with zero attached hydrogens (tertiary/aromatic N) is 4. The molecule has 0 fully saturated rings. The van der Waals surface area contributed by atoms with Gasteiger partial charge in [-0.15, -0.1) is 10.2 Å². The molecule has 4 nitrogen and oxygen atoms in total. The molecule has 0 amide bonds. The van der Waals surface area contributed by atoms with Crippen LogP contribution in [0.25, 0.3) is 0 Å². The fourth-order valence-electron chi connectivity index (χ4n) is 1.59. The van der Waals surface area contributed by atoms with Crippen LogP contribution in [-0.2, 0) is 7.05 Å². The van der Waals surface area contributed by atoms with Gasteiger partial charge in [-0.1, -0.05) is 29.3 Å². The normalized spacial score (nSPS) is 11.4. The predicted molar refractivity (Wildman–Crippen MR) is 73.3 cm³/mol. The van der Waals surface area contributed by atoms with Gasteiger partial charge < -0.3 is 0 Å². The Kier molecular flexibility index (Phi) is 3.68. The van der Waals surface area contributed by atoms with Crippen LogP contribution in [0.5, 0.6) is 0 Å². The summed E-state index contributed by atoms with van der Waals surface area (Å²) in [6, 6.07) is 5.22. The summed E-state index contributed by atoms with van der Waals surface area (Å²) >= 11 is 12.0. The molecule has 2 aromatic rings. The molecule has 1 aromatic heterocycles. The van der Waals surface area contributed by atoms with Crippen molar-refractivity contribution < 1.29 is 0 Å². The molecule has 0 N–H and O–H groups in total. The van der Waals surface area contributed by atoms with Gasteiger partial charge in [0.15, 0.2) is 0 Å². The zero-order valence-electron chi connectivity index (χ0n) is 10.3. The zero-order valence-corrected chi connectivity index (χ0v) is 11.8. The van der Waals surface area contributed by atoms with E-state index in [2.05, 4.69) is 15.3 Å². The lowest BCUT2D eigenvalue weighted by molar-refractivity contribution is 0.731. The number of benzene rings is 1. The monoisotopic (exact) mass is 282 g/mol. The highest BCUT2D eigenvalue weighted by Gasteiger charge is 2.09. The maximum Gasteiger partial charge on any atom is 0.129 e. The van der Waals surface area contributed by atoms with Crippen LogP contribution in [0, 0.1) is 13.8 Å².